The monoisotopic (exact) mass is 410 g/mol. The predicted octanol–water partition coefficient (Wildman–Crippen LogP) is 3.04. The van der Waals surface area contributed by atoms with Crippen LogP contribution in [-0.4, -0.2) is 55.1 Å². The largest absolute Gasteiger partial charge is 0.450 e. The van der Waals surface area contributed by atoms with Gasteiger partial charge in [0.15, 0.2) is 5.43 Å². The van der Waals surface area contributed by atoms with Crippen LogP contribution in [0.3, 0.4) is 0 Å². The lowest BCUT2D eigenvalue weighted by atomic mass is 10.0. The third-order valence-electron chi connectivity index (χ3n) is 5.69. The number of nitrogens with zero attached hydrogens (tertiary/aromatic N) is 2. The van der Waals surface area contributed by atoms with Crippen LogP contribution in [0.25, 0.3) is 11.0 Å². The zero-order valence-corrected chi connectivity index (χ0v) is 17.0. The van der Waals surface area contributed by atoms with Crippen LogP contribution >= 0.6 is 11.3 Å². The van der Waals surface area contributed by atoms with E-state index in [0.29, 0.717) is 36.3 Å². The Morgan fingerprint density at radius 2 is 1.97 bits per heavy atom. The maximum atomic E-state index is 13.4. The summed E-state index contributed by atoms with van der Waals surface area (Å²) >= 11 is 1.56. The SMILES string of the molecule is Cc1ccc2oc3c(c(=O)c2c1)C(c1cccs1)N(CCN1CCOCC1)C3=O. The highest BCUT2D eigenvalue weighted by molar-refractivity contribution is 7.10. The van der Waals surface area contributed by atoms with E-state index in [9.17, 15) is 9.59 Å². The van der Waals surface area contributed by atoms with Crippen molar-refractivity contribution in [2.45, 2.75) is 13.0 Å². The molecule has 0 N–H and O–H groups in total. The number of carbonyl (C=O) groups excluding carboxylic acids is 1. The highest BCUT2D eigenvalue weighted by atomic mass is 32.1. The molecule has 0 aliphatic carbocycles. The van der Waals surface area contributed by atoms with Crippen molar-refractivity contribution in [2.24, 2.45) is 0 Å². The van der Waals surface area contributed by atoms with Crippen molar-refractivity contribution in [3.8, 4) is 0 Å². The highest BCUT2D eigenvalue weighted by Crippen LogP contribution is 2.39. The highest BCUT2D eigenvalue weighted by Gasteiger charge is 2.43. The molecule has 0 bridgehead atoms. The number of hydrogen-bond donors (Lipinski definition) is 0. The molecule has 150 valence electrons. The van der Waals surface area contributed by atoms with Crippen LogP contribution in [0.2, 0.25) is 0 Å². The van der Waals surface area contributed by atoms with Gasteiger partial charge in [0, 0.05) is 31.1 Å². The molecule has 0 spiro atoms. The molecular formula is C22H22N2O4S. The Bertz CT molecular complexity index is 1120. The van der Waals surface area contributed by atoms with Crippen molar-refractivity contribution in [3.63, 3.8) is 0 Å². The maximum absolute atomic E-state index is 13.4. The fourth-order valence-corrected chi connectivity index (χ4v) is 5.03. The first-order chi connectivity index (χ1) is 14.1. The molecule has 1 atom stereocenters. The number of ether oxygens (including phenoxy) is 1. The van der Waals surface area contributed by atoms with Gasteiger partial charge in [-0.1, -0.05) is 17.7 Å². The number of morpholine rings is 1. The fraction of sp³-hybridized carbons (Fsp3) is 0.364. The molecule has 2 aliphatic rings. The van der Waals surface area contributed by atoms with Crippen LogP contribution in [0.4, 0.5) is 0 Å². The second kappa shape index (κ2) is 7.40. The summed E-state index contributed by atoms with van der Waals surface area (Å²) in [5.74, 6) is -0.0158. The first-order valence-corrected chi connectivity index (χ1v) is 10.7. The standard InChI is InChI=1S/C22H22N2O4S/c1-14-4-5-16-15(13-14)20(25)18-19(17-3-2-12-29-17)24(22(26)21(18)28-16)7-6-23-8-10-27-11-9-23/h2-5,12-13,19H,6-11H2,1H3. The van der Waals surface area contributed by atoms with Crippen LogP contribution in [0.1, 0.15) is 32.6 Å². The number of aryl methyl sites for hydroxylation is 1. The van der Waals surface area contributed by atoms with Gasteiger partial charge >= 0.3 is 0 Å². The third kappa shape index (κ3) is 3.19. The van der Waals surface area contributed by atoms with E-state index in [4.69, 9.17) is 9.15 Å². The third-order valence-corrected chi connectivity index (χ3v) is 6.62. The van der Waals surface area contributed by atoms with Gasteiger partial charge in [0.1, 0.15) is 5.58 Å². The second-order valence-electron chi connectivity index (χ2n) is 7.54. The Morgan fingerprint density at radius 3 is 2.72 bits per heavy atom. The summed E-state index contributed by atoms with van der Waals surface area (Å²) < 4.78 is 11.4. The lowest BCUT2D eigenvalue weighted by Gasteiger charge is -2.30. The summed E-state index contributed by atoms with van der Waals surface area (Å²) in [5, 5.41) is 2.51. The van der Waals surface area contributed by atoms with Gasteiger partial charge in [-0.05, 0) is 30.5 Å². The van der Waals surface area contributed by atoms with Gasteiger partial charge in [0.2, 0.25) is 5.76 Å². The lowest BCUT2D eigenvalue weighted by molar-refractivity contribution is 0.0315. The molecule has 7 heteroatoms. The molecule has 0 radical (unpaired) electrons. The first-order valence-electron chi connectivity index (χ1n) is 9.85. The number of hydrogen-bond acceptors (Lipinski definition) is 6. The van der Waals surface area contributed by atoms with Crippen LogP contribution < -0.4 is 5.43 Å². The number of benzene rings is 1. The lowest BCUT2D eigenvalue weighted by Crippen LogP contribution is -2.42. The summed E-state index contributed by atoms with van der Waals surface area (Å²) in [6, 6.07) is 9.06. The van der Waals surface area contributed by atoms with Crippen molar-refractivity contribution in [3.05, 3.63) is 67.7 Å². The van der Waals surface area contributed by atoms with Gasteiger partial charge in [-0.2, -0.15) is 0 Å². The van der Waals surface area contributed by atoms with E-state index in [-0.39, 0.29) is 23.1 Å². The van der Waals surface area contributed by atoms with Crippen LogP contribution in [0.5, 0.6) is 0 Å². The van der Waals surface area contributed by atoms with E-state index in [1.807, 2.05) is 36.6 Å². The molecule has 1 amide bonds. The smallest absolute Gasteiger partial charge is 0.290 e. The van der Waals surface area contributed by atoms with E-state index in [2.05, 4.69) is 4.90 Å². The molecule has 2 aromatic heterocycles. The van der Waals surface area contributed by atoms with Gasteiger partial charge in [0.05, 0.1) is 30.2 Å². The van der Waals surface area contributed by atoms with E-state index in [0.717, 1.165) is 30.1 Å². The molecule has 1 unspecified atom stereocenters. The average molecular weight is 410 g/mol. The second-order valence-corrected chi connectivity index (χ2v) is 8.52. The topological polar surface area (TPSA) is 63.0 Å². The summed E-state index contributed by atoms with van der Waals surface area (Å²) in [7, 11) is 0. The van der Waals surface area contributed by atoms with Crippen molar-refractivity contribution >= 4 is 28.2 Å². The number of rotatable bonds is 4. The van der Waals surface area contributed by atoms with Crippen LogP contribution in [-0.2, 0) is 4.74 Å². The minimum Gasteiger partial charge on any atom is -0.450 e. The summed E-state index contributed by atoms with van der Waals surface area (Å²) in [6.07, 6.45) is 0. The van der Waals surface area contributed by atoms with E-state index < -0.39 is 0 Å². The molecule has 29 heavy (non-hydrogen) atoms. The minimum atomic E-state index is -0.389. The van der Waals surface area contributed by atoms with Gasteiger partial charge in [-0.15, -0.1) is 11.3 Å². The molecule has 0 saturated carbocycles. The van der Waals surface area contributed by atoms with Gasteiger partial charge in [0.25, 0.3) is 5.91 Å². The first kappa shape index (κ1) is 18.5. The van der Waals surface area contributed by atoms with E-state index in [1.165, 1.54) is 0 Å². The Kier molecular flexibility index (Phi) is 4.73. The molecule has 3 aromatic rings. The van der Waals surface area contributed by atoms with Gasteiger partial charge in [-0.3, -0.25) is 14.5 Å². The van der Waals surface area contributed by atoms with Crippen LogP contribution in [0, 0.1) is 6.92 Å². The van der Waals surface area contributed by atoms with Crippen molar-refractivity contribution in [1.82, 2.24) is 9.80 Å². The van der Waals surface area contributed by atoms with Gasteiger partial charge < -0.3 is 14.1 Å². The van der Waals surface area contributed by atoms with E-state index in [1.54, 1.807) is 22.3 Å². The normalized spacial score (nSPS) is 19.8. The average Bonchev–Trinajstić information content (AvgIpc) is 3.35. The molecule has 4 heterocycles. The summed E-state index contributed by atoms with van der Waals surface area (Å²) in [6.45, 7) is 6.39. The number of amides is 1. The Labute approximate surface area is 172 Å². The maximum Gasteiger partial charge on any atom is 0.290 e. The number of fused-ring (bicyclic) bond motifs is 2. The molecular weight excluding hydrogens is 388 g/mol. The Hall–Kier alpha value is -2.48. The zero-order chi connectivity index (χ0) is 20.0. The van der Waals surface area contributed by atoms with Crippen molar-refractivity contribution < 1.29 is 13.9 Å². The molecule has 1 saturated heterocycles. The van der Waals surface area contributed by atoms with Crippen molar-refractivity contribution in [1.29, 1.82) is 0 Å². The Morgan fingerprint density at radius 1 is 1.14 bits per heavy atom. The molecule has 5 rings (SSSR count). The van der Waals surface area contributed by atoms with E-state index >= 15 is 0 Å². The molecule has 1 aromatic carbocycles. The molecule has 6 nitrogen and oxygen atoms in total. The predicted molar refractivity (Wildman–Crippen MR) is 112 cm³/mol. The van der Waals surface area contributed by atoms with Crippen LogP contribution in [0.15, 0.2) is 44.9 Å². The number of carbonyl (C=O) groups is 1. The minimum absolute atomic E-state index is 0.106. The summed E-state index contributed by atoms with van der Waals surface area (Å²) in [4.78, 5) is 31.8. The molecule has 2 aliphatic heterocycles. The fourth-order valence-electron chi connectivity index (χ4n) is 4.18. The summed E-state index contributed by atoms with van der Waals surface area (Å²) in [5.41, 5.74) is 1.82. The molecule has 1 fully saturated rings. The van der Waals surface area contributed by atoms with Gasteiger partial charge in [-0.25, -0.2) is 0 Å². The quantitative estimate of drug-likeness (QED) is 0.662. The Balaban J connectivity index is 1.58. The zero-order valence-electron chi connectivity index (χ0n) is 16.2. The number of thiophene rings is 1. The van der Waals surface area contributed by atoms with Crippen molar-refractivity contribution in [2.75, 3.05) is 39.4 Å².